The zero-order valence-electron chi connectivity index (χ0n) is 29.0. The highest BCUT2D eigenvalue weighted by molar-refractivity contribution is 6.05. The minimum absolute atomic E-state index is 0.122. The highest BCUT2D eigenvalue weighted by Gasteiger charge is 2.53. The van der Waals surface area contributed by atoms with Gasteiger partial charge in [0.15, 0.2) is 0 Å². The Labute approximate surface area is 300 Å². The van der Waals surface area contributed by atoms with Gasteiger partial charge >= 0.3 is 0 Å². The number of hydrogen-bond donors (Lipinski definition) is 0. The predicted octanol–water partition coefficient (Wildman–Crippen LogP) is 12.8. The normalized spacial score (nSPS) is 14.5. The van der Waals surface area contributed by atoms with Crippen LogP contribution in [0.2, 0.25) is 0 Å². The fraction of sp³-hybridized carbons (Fsp3) is 0.0980. The van der Waals surface area contributed by atoms with E-state index in [4.69, 9.17) is 0 Å². The number of hydrogen-bond acceptors (Lipinski definition) is 0. The van der Waals surface area contributed by atoms with Gasteiger partial charge in [0, 0.05) is 5.41 Å². The van der Waals surface area contributed by atoms with E-state index in [2.05, 4.69) is 196 Å². The van der Waals surface area contributed by atoms with Crippen LogP contribution in [-0.4, -0.2) is 0 Å². The molecular formula is C51H38. The van der Waals surface area contributed by atoms with Gasteiger partial charge in [-0.2, -0.15) is 0 Å². The lowest BCUT2D eigenvalue weighted by Crippen LogP contribution is -2.40. The zero-order chi connectivity index (χ0) is 34.2. The third kappa shape index (κ3) is 4.33. The highest BCUT2D eigenvalue weighted by Crippen LogP contribution is 2.62. The molecule has 242 valence electrons. The highest BCUT2D eigenvalue weighted by atomic mass is 14.5. The smallest absolute Gasteiger partial charge is 0.0622 e. The third-order valence-electron chi connectivity index (χ3n) is 11.8. The van der Waals surface area contributed by atoms with Crippen molar-refractivity contribution in [2.75, 3.05) is 0 Å². The van der Waals surface area contributed by atoms with Crippen molar-refractivity contribution in [3.05, 3.63) is 226 Å². The second-order valence-corrected chi connectivity index (χ2v) is 14.8. The average Bonchev–Trinajstić information content (AvgIpc) is 3.48. The Morgan fingerprint density at radius 2 is 0.902 bits per heavy atom. The van der Waals surface area contributed by atoms with Crippen molar-refractivity contribution in [2.24, 2.45) is 0 Å². The van der Waals surface area contributed by atoms with Crippen LogP contribution in [0.5, 0.6) is 0 Å². The van der Waals surface area contributed by atoms with E-state index in [1.807, 2.05) is 0 Å². The quantitative estimate of drug-likeness (QED) is 0.178. The minimum Gasteiger partial charge on any atom is -0.0622 e. The van der Waals surface area contributed by atoms with Crippen LogP contribution >= 0.6 is 0 Å². The Morgan fingerprint density at radius 1 is 0.373 bits per heavy atom. The van der Waals surface area contributed by atoms with Gasteiger partial charge in [-0.3, -0.25) is 0 Å². The van der Waals surface area contributed by atoms with Gasteiger partial charge in [0.2, 0.25) is 0 Å². The summed E-state index contributed by atoms with van der Waals surface area (Å²) in [4.78, 5) is 0. The lowest BCUT2D eigenvalue weighted by molar-refractivity contribution is 0.563. The molecule has 0 atom stereocenters. The van der Waals surface area contributed by atoms with E-state index in [0.717, 1.165) is 6.42 Å². The average molecular weight is 651 g/mol. The number of benzene rings is 8. The summed E-state index contributed by atoms with van der Waals surface area (Å²) in [6, 6.07) is 68.3. The van der Waals surface area contributed by atoms with Crippen molar-refractivity contribution < 1.29 is 0 Å². The van der Waals surface area contributed by atoms with Gasteiger partial charge in [0.05, 0.1) is 5.41 Å². The van der Waals surface area contributed by atoms with E-state index in [-0.39, 0.29) is 5.41 Å². The van der Waals surface area contributed by atoms with Crippen molar-refractivity contribution in [1.82, 2.24) is 0 Å². The van der Waals surface area contributed by atoms with Crippen molar-refractivity contribution in [2.45, 2.75) is 31.1 Å². The standard InChI is InChI=1S/C51H38/c1-50(2)44-20-10-12-22-46(44)51(47-23-13-11-21-45(47)50)43-19-9-8-18-41(43)42-31-29-38(33-48(42)51)49-39-17-7-6-16-36(39)28-30-40(49)37-26-24-35(25-27-37)32-34-14-4-3-5-15-34/h3-31,33H,32H2,1-2H3. The molecule has 8 aromatic rings. The van der Waals surface area contributed by atoms with Gasteiger partial charge < -0.3 is 0 Å². The lowest BCUT2D eigenvalue weighted by Gasteiger charge is -2.46. The third-order valence-corrected chi connectivity index (χ3v) is 11.8. The second-order valence-electron chi connectivity index (χ2n) is 14.8. The zero-order valence-corrected chi connectivity index (χ0v) is 29.0. The monoisotopic (exact) mass is 650 g/mol. The van der Waals surface area contributed by atoms with Crippen molar-refractivity contribution in [1.29, 1.82) is 0 Å². The van der Waals surface area contributed by atoms with Crippen LogP contribution in [0.1, 0.15) is 58.4 Å². The molecule has 0 saturated heterocycles. The summed E-state index contributed by atoms with van der Waals surface area (Å²) < 4.78 is 0. The molecule has 0 radical (unpaired) electrons. The van der Waals surface area contributed by atoms with Crippen LogP contribution in [-0.2, 0) is 17.3 Å². The fourth-order valence-electron chi connectivity index (χ4n) is 9.47. The maximum absolute atomic E-state index is 2.54. The van der Waals surface area contributed by atoms with Crippen LogP contribution in [0.4, 0.5) is 0 Å². The molecule has 0 fully saturated rings. The van der Waals surface area contributed by atoms with Crippen LogP contribution in [0.3, 0.4) is 0 Å². The van der Waals surface area contributed by atoms with Crippen LogP contribution < -0.4 is 0 Å². The topological polar surface area (TPSA) is 0 Å². The van der Waals surface area contributed by atoms with Crippen molar-refractivity contribution in [3.63, 3.8) is 0 Å². The minimum atomic E-state index is -0.422. The molecule has 0 aromatic heterocycles. The maximum Gasteiger partial charge on any atom is 0.0719 e. The summed E-state index contributed by atoms with van der Waals surface area (Å²) in [5, 5.41) is 2.53. The first-order valence-electron chi connectivity index (χ1n) is 18.1. The number of rotatable bonds is 4. The largest absolute Gasteiger partial charge is 0.0719 e. The number of fused-ring (bicyclic) bond motifs is 10. The summed E-state index contributed by atoms with van der Waals surface area (Å²) >= 11 is 0. The van der Waals surface area contributed by atoms with Gasteiger partial charge in [-0.15, -0.1) is 0 Å². The molecule has 0 aliphatic heterocycles. The van der Waals surface area contributed by atoms with Gasteiger partial charge in [0.1, 0.15) is 0 Å². The molecule has 0 bridgehead atoms. The molecule has 0 amide bonds. The van der Waals surface area contributed by atoms with E-state index in [9.17, 15) is 0 Å². The van der Waals surface area contributed by atoms with Gasteiger partial charge in [-0.25, -0.2) is 0 Å². The molecule has 0 saturated carbocycles. The Balaban J connectivity index is 1.23. The summed E-state index contributed by atoms with van der Waals surface area (Å²) in [5.74, 6) is 0. The van der Waals surface area contributed by atoms with Gasteiger partial charge in [-0.1, -0.05) is 190 Å². The van der Waals surface area contributed by atoms with E-state index >= 15 is 0 Å². The van der Waals surface area contributed by atoms with E-state index in [0.29, 0.717) is 0 Å². The first-order valence-corrected chi connectivity index (χ1v) is 18.1. The molecule has 51 heavy (non-hydrogen) atoms. The van der Waals surface area contributed by atoms with E-state index < -0.39 is 5.41 Å². The molecule has 0 N–H and O–H groups in total. The SMILES string of the molecule is CC1(C)c2ccccc2C2(c3ccccc3-c3ccc(-c4c(-c5ccc(Cc6ccccc6)cc5)ccc5ccccc45)cc32)c2ccccc21. The summed E-state index contributed by atoms with van der Waals surface area (Å²) in [5.41, 5.74) is 18.1. The molecule has 2 aliphatic rings. The summed E-state index contributed by atoms with van der Waals surface area (Å²) in [6.45, 7) is 4.78. The van der Waals surface area contributed by atoms with E-state index in [1.54, 1.807) is 0 Å². The Kier molecular flexibility index (Phi) is 6.61. The van der Waals surface area contributed by atoms with Crippen molar-refractivity contribution >= 4 is 10.8 Å². The van der Waals surface area contributed by atoms with Crippen molar-refractivity contribution in [3.8, 4) is 33.4 Å². The molecule has 8 aromatic carbocycles. The Bertz CT molecular complexity index is 2570. The molecule has 0 unspecified atom stereocenters. The van der Waals surface area contributed by atoms with Gasteiger partial charge in [0.25, 0.3) is 0 Å². The first-order chi connectivity index (χ1) is 25.0. The molecule has 0 heterocycles. The summed E-state index contributed by atoms with van der Waals surface area (Å²) in [7, 11) is 0. The molecular weight excluding hydrogens is 613 g/mol. The Morgan fingerprint density at radius 3 is 1.63 bits per heavy atom. The molecule has 1 spiro atoms. The second kappa shape index (κ2) is 11.3. The lowest BCUT2D eigenvalue weighted by atomic mass is 9.55. The molecule has 0 heteroatoms. The van der Waals surface area contributed by atoms with Crippen LogP contribution in [0, 0.1) is 0 Å². The van der Waals surface area contributed by atoms with Crippen LogP contribution in [0.15, 0.2) is 182 Å². The first kappa shape index (κ1) is 29.9. The predicted molar refractivity (Wildman–Crippen MR) is 213 cm³/mol. The molecule has 2 aliphatic carbocycles. The van der Waals surface area contributed by atoms with E-state index in [1.165, 1.54) is 88.7 Å². The summed E-state index contributed by atoms with van der Waals surface area (Å²) in [6.07, 6.45) is 0.929. The fourth-order valence-corrected chi connectivity index (χ4v) is 9.47. The van der Waals surface area contributed by atoms with Gasteiger partial charge in [-0.05, 0) is 101 Å². The van der Waals surface area contributed by atoms with Crippen LogP contribution in [0.25, 0.3) is 44.2 Å². The maximum atomic E-state index is 2.54. The molecule has 0 nitrogen and oxygen atoms in total. The Hall–Kier alpha value is -5.98. The molecule has 10 rings (SSSR count).